The van der Waals surface area contributed by atoms with Crippen molar-refractivity contribution in [3.63, 3.8) is 0 Å². The summed E-state index contributed by atoms with van der Waals surface area (Å²) in [5.74, 6) is 0. The first-order valence-electron chi connectivity index (χ1n) is 6.37. The maximum absolute atomic E-state index is 3.87. The van der Waals surface area contributed by atoms with Crippen LogP contribution in [0.2, 0.25) is 0 Å². The Kier molecular flexibility index (Phi) is 4.11. The lowest BCUT2D eigenvalue weighted by atomic mass is 10.1. The molecule has 0 unspecified atom stereocenters. The number of hydrogen-bond acceptors (Lipinski definition) is 5. The average Bonchev–Trinajstić information content (AvgIpc) is 2.88. The molecule has 2 aromatic rings. The Morgan fingerprint density at radius 1 is 1.21 bits per heavy atom. The summed E-state index contributed by atoms with van der Waals surface area (Å²) in [5, 5.41) is 17.9. The molecule has 102 valence electrons. The topological polar surface area (TPSA) is 67.7 Å². The molecule has 0 spiro atoms. The van der Waals surface area contributed by atoms with Crippen LogP contribution in [0.3, 0.4) is 0 Å². The van der Waals surface area contributed by atoms with Gasteiger partial charge in [-0.1, -0.05) is 6.07 Å². The highest BCUT2D eigenvalue weighted by Gasteiger charge is 2.07. The lowest BCUT2D eigenvalue weighted by molar-refractivity contribution is 0.435. The van der Waals surface area contributed by atoms with Crippen LogP contribution in [0.1, 0.15) is 20.8 Å². The van der Waals surface area contributed by atoms with Crippen molar-refractivity contribution in [2.24, 2.45) is 0 Å². The van der Waals surface area contributed by atoms with Gasteiger partial charge in [0.05, 0.1) is 5.69 Å². The molecule has 0 saturated heterocycles. The van der Waals surface area contributed by atoms with Gasteiger partial charge in [-0.05, 0) is 49.4 Å². The molecule has 6 heteroatoms. The van der Waals surface area contributed by atoms with Crippen molar-refractivity contribution < 1.29 is 0 Å². The molecule has 0 aliphatic heterocycles. The summed E-state index contributed by atoms with van der Waals surface area (Å²) in [6, 6.07) is 8.00. The van der Waals surface area contributed by atoms with Crippen LogP contribution in [0.4, 0.5) is 5.69 Å². The zero-order chi connectivity index (χ0) is 13.7. The third kappa shape index (κ3) is 4.33. The third-order valence-corrected chi connectivity index (χ3v) is 2.57. The average molecular weight is 260 g/mol. The Hall–Kier alpha value is -1.95. The van der Waals surface area contributed by atoms with E-state index in [0.717, 1.165) is 24.5 Å². The number of anilines is 1. The van der Waals surface area contributed by atoms with Gasteiger partial charge in [0.15, 0.2) is 0 Å². The SMILES string of the molecule is CC(C)(C)NCCNc1cccc(-n2cnnn2)c1. The largest absolute Gasteiger partial charge is 0.384 e. The van der Waals surface area contributed by atoms with Gasteiger partial charge in [0, 0.05) is 24.3 Å². The molecule has 2 N–H and O–H groups in total. The van der Waals surface area contributed by atoms with Gasteiger partial charge in [0.1, 0.15) is 6.33 Å². The van der Waals surface area contributed by atoms with Crippen LogP contribution in [-0.2, 0) is 0 Å². The number of hydrogen-bond donors (Lipinski definition) is 2. The maximum atomic E-state index is 3.87. The molecule has 0 aliphatic carbocycles. The monoisotopic (exact) mass is 260 g/mol. The molecule has 0 atom stereocenters. The predicted molar refractivity (Wildman–Crippen MR) is 75.4 cm³/mol. The van der Waals surface area contributed by atoms with Crippen LogP contribution in [0.15, 0.2) is 30.6 Å². The van der Waals surface area contributed by atoms with Crippen molar-refractivity contribution >= 4 is 5.69 Å². The van der Waals surface area contributed by atoms with Crippen LogP contribution in [0.5, 0.6) is 0 Å². The van der Waals surface area contributed by atoms with Gasteiger partial charge in [-0.15, -0.1) is 5.10 Å². The van der Waals surface area contributed by atoms with Crippen molar-refractivity contribution in [1.29, 1.82) is 0 Å². The number of nitrogens with zero attached hydrogens (tertiary/aromatic N) is 4. The fourth-order valence-electron chi connectivity index (χ4n) is 1.68. The van der Waals surface area contributed by atoms with Crippen molar-refractivity contribution in [2.75, 3.05) is 18.4 Å². The van der Waals surface area contributed by atoms with Crippen molar-refractivity contribution in [1.82, 2.24) is 25.5 Å². The Balaban J connectivity index is 1.89. The summed E-state index contributed by atoms with van der Waals surface area (Å²) in [7, 11) is 0. The van der Waals surface area contributed by atoms with Crippen molar-refractivity contribution in [3.8, 4) is 5.69 Å². The fourth-order valence-corrected chi connectivity index (χ4v) is 1.68. The number of aromatic nitrogens is 4. The first-order chi connectivity index (χ1) is 9.04. The van der Waals surface area contributed by atoms with Crippen LogP contribution >= 0.6 is 0 Å². The molecule has 1 heterocycles. The molecule has 2 rings (SSSR count). The molecule has 0 saturated carbocycles. The minimum absolute atomic E-state index is 0.149. The number of benzene rings is 1. The van der Waals surface area contributed by atoms with Gasteiger partial charge < -0.3 is 10.6 Å². The lowest BCUT2D eigenvalue weighted by Crippen LogP contribution is -2.38. The summed E-state index contributed by atoms with van der Waals surface area (Å²) >= 11 is 0. The van der Waals surface area contributed by atoms with E-state index < -0.39 is 0 Å². The fraction of sp³-hybridized carbons (Fsp3) is 0.462. The van der Waals surface area contributed by atoms with Gasteiger partial charge >= 0.3 is 0 Å². The van der Waals surface area contributed by atoms with Crippen LogP contribution in [-0.4, -0.2) is 38.8 Å². The molecule has 19 heavy (non-hydrogen) atoms. The first-order valence-corrected chi connectivity index (χ1v) is 6.37. The standard InChI is InChI=1S/C13H20N6/c1-13(2,3)15-8-7-14-11-5-4-6-12(9-11)19-10-16-17-18-19/h4-6,9-10,14-15H,7-8H2,1-3H3. The zero-order valence-electron chi connectivity index (χ0n) is 11.6. The number of nitrogens with one attached hydrogen (secondary N) is 2. The summed E-state index contributed by atoms with van der Waals surface area (Å²) in [4.78, 5) is 0. The quantitative estimate of drug-likeness (QED) is 0.797. The van der Waals surface area contributed by atoms with Gasteiger partial charge in [-0.2, -0.15) is 0 Å². The van der Waals surface area contributed by atoms with E-state index in [1.807, 2.05) is 24.3 Å². The highest BCUT2D eigenvalue weighted by Crippen LogP contribution is 2.12. The van der Waals surface area contributed by atoms with E-state index in [1.54, 1.807) is 11.0 Å². The van der Waals surface area contributed by atoms with Gasteiger partial charge in [0.2, 0.25) is 0 Å². The summed E-state index contributed by atoms with van der Waals surface area (Å²) < 4.78 is 1.64. The molecule has 1 aromatic carbocycles. The van der Waals surface area contributed by atoms with E-state index >= 15 is 0 Å². The summed E-state index contributed by atoms with van der Waals surface area (Å²) in [6.07, 6.45) is 1.58. The smallest absolute Gasteiger partial charge is 0.143 e. The molecule has 0 bridgehead atoms. The minimum atomic E-state index is 0.149. The summed E-state index contributed by atoms with van der Waals surface area (Å²) in [5.41, 5.74) is 2.15. The second-order valence-corrected chi connectivity index (χ2v) is 5.41. The second kappa shape index (κ2) is 5.79. The van der Waals surface area contributed by atoms with E-state index in [1.165, 1.54) is 0 Å². The Morgan fingerprint density at radius 3 is 2.74 bits per heavy atom. The zero-order valence-corrected chi connectivity index (χ0v) is 11.6. The lowest BCUT2D eigenvalue weighted by Gasteiger charge is -2.20. The van der Waals surface area contributed by atoms with Gasteiger partial charge in [-0.25, -0.2) is 4.68 Å². The Labute approximate surface area is 113 Å². The van der Waals surface area contributed by atoms with Crippen LogP contribution < -0.4 is 10.6 Å². The normalized spacial score (nSPS) is 11.5. The van der Waals surface area contributed by atoms with Gasteiger partial charge in [-0.3, -0.25) is 0 Å². The van der Waals surface area contributed by atoms with E-state index in [4.69, 9.17) is 0 Å². The minimum Gasteiger partial charge on any atom is -0.384 e. The van der Waals surface area contributed by atoms with E-state index in [9.17, 15) is 0 Å². The molecule has 0 amide bonds. The highest BCUT2D eigenvalue weighted by atomic mass is 15.5. The molecule has 0 fully saturated rings. The van der Waals surface area contributed by atoms with Crippen LogP contribution in [0, 0.1) is 0 Å². The van der Waals surface area contributed by atoms with Gasteiger partial charge in [0.25, 0.3) is 0 Å². The van der Waals surface area contributed by atoms with Crippen molar-refractivity contribution in [2.45, 2.75) is 26.3 Å². The molecule has 0 aliphatic rings. The maximum Gasteiger partial charge on any atom is 0.143 e. The molecular formula is C13H20N6. The first kappa shape index (κ1) is 13.5. The van der Waals surface area contributed by atoms with Crippen LogP contribution in [0.25, 0.3) is 5.69 Å². The predicted octanol–water partition coefficient (Wildman–Crippen LogP) is 1.46. The van der Waals surface area contributed by atoms with E-state index in [0.29, 0.717) is 0 Å². The van der Waals surface area contributed by atoms with E-state index in [-0.39, 0.29) is 5.54 Å². The molecule has 0 radical (unpaired) electrons. The Morgan fingerprint density at radius 2 is 2.05 bits per heavy atom. The Bertz CT molecular complexity index is 500. The number of rotatable bonds is 5. The van der Waals surface area contributed by atoms with Crippen molar-refractivity contribution in [3.05, 3.63) is 30.6 Å². The summed E-state index contributed by atoms with van der Waals surface area (Å²) in [6.45, 7) is 8.26. The molecular weight excluding hydrogens is 240 g/mol. The second-order valence-electron chi connectivity index (χ2n) is 5.41. The number of tetrazole rings is 1. The van der Waals surface area contributed by atoms with E-state index in [2.05, 4.69) is 46.9 Å². The highest BCUT2D eigenvalue weighted by molar-refractivity contribution is 5.50. The third-order valence-electron chi connectivity index (χ3n) is 2.57. The molecule has 1 aromatic heterocycles. The molecule has 6 nitrogen and oxygen atoms in total.